The molecule has 2 aromatic carbocycles. The van der Waals surface area contributed by atoms with E-state index in [1.54, 1.807) is 12.1 Å². The van der Waals surface area contributed by atoms with E-state index in [1.165, 1.54) is 50.5 Å². The quantitative estimate of drug-likeness (QED) is 0.341. The molecule has 3 rings (SSSR count). The summed E-state index contributed by atoms with van der Waals surface area (Å²) in [6, 6.07) is 7.46. The first-order valence-corrected chi connectivity index (χ1v) is 10.7. The Kier molecular flexibility index (Phi) is 7.78. The van der Waals surface area contributed by atoms with Crippen LogP contribution in [0.1, 0.15) is 23.6 Å². The second-order valence-corrected chi connectivity index (χ2v) is 8.11. The van der Waals surface area contributed by atoms with Gasteiger partial charge in [-0.3, -0.25) is 9.59 Å². The molecule has 1 saturated heterocycles. The predicted octanol–water partition coefficient (Wildman–Crippen LogP) is 3.22. The van der Waals surface area contributed by atoms with Crippen molar-refractivity contribution in [2.75, 3.05) is 48.5 Å². The number of aliphatic hydroxyl groups is 1. The zero-order chi connectivity index (χ0) is 25.0. The number of hydrogen-bond acceptors (Lipinski definition) is 7. The number of amides is 1. The minimum absolute atomic E-state index is 0.0873. The normalized spacial score (nSPS) is 17.4. The summed E-state index contributed by atoms with van der Waals surface area (Å²) in [7, 11) is 8.24. The van der Waals surface area contributed by atoms with Gasteiger partial charge in [0.15, 0.2) is 11.5 Å². The number of rotatable bonds is 9. The summed E-state index contributed by atoms with van der Waals surface area (Å²) in [5.41, 5.74) is 0.642. The van der Waals surface area contributed by atoms with Crippen molar-refractivity contribution in [3.05, 3.63) is 58.9 Å². The van der Waals surface area contributed by atoms with E-state index in [4.69, 9.17) is 14.2 Å². The van der Waals surface area contributed by atoms with Gasteiger partial charge in [0.2, 0.25) is 5.75 Å². The molecule has 1 unspecified atom stereocenters. The first-order chi connectivity index (χ1) is 16.2. The minimum atomic E-state index is -0.902. The van der Waals surface area contributed by atoms with Gasteiger partial charge in [0.25, 0.3) is 11.7 Å². The number of ether oxygens (including phenoxy) is 3. The van der Waals surface area contributed by atoms with E-state index in [9.17, 15) is 19.1 Å². The van der Waals surface area contributed by atoms with Crippen molar-refractivity contribution in [2.24, 2.45) is 0 Å². The van der Waals surface area contributed by atoms with Crippen molar-refractivity contribution in [2.45, 2.75) is 12.5 Å². The average molecular weight is 473 g/mol. The summed E-state index contributed by atoms with van der Waals surface area (Å²) in [5.74, 6) is -1.35. The number of carbonyl (C=O) groups excluding carboxylic acids is 2. The van der Waals surface area contributed by atoms with Crippen molar-refractivity contribution in [1.29, 1.82) is 0 Å². The highest BCUT2D eigenvalue weighted by molar-refractivity contribution is 6.46. The van der Waals surface area contributed by atoms with Crippen molar-refractivity contribution < 1.29 is 33.3 Å². The van der Waals surface area contributed by atoms with Crippen molar-refractivity contribution >= 4 is 17.4 Å². The number of nitrogens with zero attached hydrogens (tertiary/aromatic N) is 2. The number of ketones is 1. The Morgan fingerprint density at radius 1 is 1.03 bits per heavy atom. The van der Waals surface area contributed by atoms with Crippen LogP contribution in [0, 0.1) is 5.82 Å². The van der Waals surface area contributed by atoms with E-state index < -0.39 is 23.5 Å². The smallest absolute Gasteiger partial charge is 0.295 e. The Morgan fingerprint density at radius 2 is 1.62 bits per heavy atom. The number of carbonyl (C=O) groups is 2. The Bertz CT molecular complexity index is 1070. The van der Waals surface area contributed by atoms with Gasteiger partial charge >= 0.3 is 0 Å². The van der Waals surface area contributed by atoms with Crippen LogP contribution < -0.4 is 14.2 Å². The molecule has 1 aliphatic heterocycles. The maximum atomic E-state index is 13.4. The first kappa shape index (κ1) is 25.0. The van der Waals surface area contributed by atoms with Gasteiger partial charge in [-0.25, -0.2) is 4.39 Å². The fourth-order valence-electron chi connectivity index (χ4n) is 4.04. The molecule has 2 aromatic rings. The molecule has 8 nitrogen and oxygen atoms in total. The number of likely N-dealkylation sites (tertiary alicyclic amines) is 1. The Morgan fingerprint density at radius 3 is 2.12 bits per heavy atom. The van der Waals surface area contributed by atoms with E-state index in [1.807, 2.05) is 19.0 Å². The zero-order valence-corrected chi connectivity index (χ0v) is 19.9. The Labute approximate surface area is 198 Å². The average Bonchev–Trinajstić information content (AvgIpc) is 3.07. The number of aliphatic hydroxyl groups excluding tert-OH is 1. The van der Waals surface area contributed by atoms with Crippen molar-refractivity contribution in [1.82, 2.24) is 9.80 Å². The van der Waals surface area contributed by atoms with Crippen LogP contribution in [0.25, 0.3) is 5.76 Å². The lowest BCUT2D eigenvalue weighted by molar-refractivity contribution is -0.139. The van der Waals surface area contributed by atoms with Crippen LogP contribution in [0.3, 0.4) is 0 Å². The lowest BCUT2D eigenvalue weighted by Crippen LogP contribution is -2.32. The predicted molar refractivity (Wildman–Crippen MR) is 125 cm³/mol. The summed E-state index contributed by atoms with van der Waals surface area (Å²) >= 11 is 0. The largest absolute Gasteiger partial charge is 0.507 e. The molecule has 1 fully saturated rings. The monoisotopic (exact) mass is 472 g/mol. The first-order valence-electron chi connectivity index (χ1n) is 10.7. The number of hydrogen-bond donors (Lipinski definition) is 1. The fourth-order valence-corrected chi connectivity index (χ4v) is 4.04. The third kappa shape index (κ3) is 4.84. The van der Waals surface area contributed by atoms with Crippen LogP contribution in [0.15, 0.2) is 42.0 Å². The second kappa shape index (κ2) is 10.6. The van der Waals surface area contributed by atoms with Gasteiger partial charge in [-0.15, -0.1) is 0 Å². The van der Waals surface area contributed by atoms with Gasteiger partial charge in [-0.2, -0.15) is 0 Å². The molecular formula is C25H29FN2O6. The third-order valence-electron chi connectivity index (χ3n) is 5.66. The lowest BCUT2D eigenvalue weighted by Gasteiger charge is -2.27. The highest BCUT2D eigenvalue weighted by Gasteiger charge is 2.46. The summed E-state index contributed by atoms with van der Waals surface area (Å²) in [4.78, 5) is 29.6. The zero-order valence-electron chi connectivity index (χ0n) is 19.9. The van der Waals surface area contributed by atoms with Gasteiger partial charge in [0.1, 0.15) is 11.6 Å². The Hall–Kier alpha value is -3.59. The summed E-state index contributed by atoms with van der Waals surface area (Å²) in [6.45, 7) is 0.979. The van der Waals surface area contributed by atoms with E-state index in [0.29, 0.717) is 35.8 Å². The topological polar surface area (TPSA) is 88.5 Å². The molecule has 182 valence electrons. The molecule has 1 aliphatic rings. The maximum absolute atomic E-state index is 13.4. The van der Waals surface area contributed by atoms with E-state index in [-0.39, 0.29) is 23.4 Å². The van der Waals surface area contributed by atoms with Crippen molar-refractivity contribution in [3.8, 4) is 17.2 Å². The van der Waals surface area contributed by atoms with Gasteiger partial charge < -0.3 is 29.1 Å². The van der Waals surface area contributed by atoms with Crippen LogP contribution in [0.4, 0.5) is 4.39 Å². The molecule has 34 heavy (non-hydrogen) atoms. The number of methoxy groups -OCH3 is 3. The SMILES string of the molecule is COc1cc(C2C(=C(O)c3ccc(F)cc3)C(=O)C(=O)N2CCCN(C)C)cc(OC)c1OC. The van der Waals surface area contributed by atoms with Crippen LogP contribution in [0.5, 0.6) is 17.2 Å². The van der Waals surface area contributed by atoms with Crippen LogP contribution in [-0.4, -0.2) is 75.1 Å². The summed E-state index contributed by atoms with van der Waals surface area (Å²) in [6.07, 6.45) is 0.609. The molecular weight excluding hydrogens is 443 g/mol. The lowest BCUT2D eigenvalue weighted by atomic mass is 9.94. The van der Waals surface area contributed by atoms with E-state index >= 15 is 0 Å². The van der Waals surface area contributed by atoms with Gasteiger partial charge in [0, 0.05) is 12.1 Å². The van der Waals surface area contributed by atoms with Gasteiger partial charge in [0.05, 0.1) is 32.9 Å². The molecule has 0 aliphatic carbocycles. The molecule has 1 N–H and O–H groups in total. The summed E-state index contributed by atoms with van der Waals surface area (Å²) in [5, 5.41) is 11.1. The van der Waals surface area contributed by atoms with Crippen LogP contribution >= 0.6 is 0 Å². The standard InChI is InChI=1S/C25H29FN2O6/c1-27(2)11-6-12-28-21(16-13-18(32-3)24(34-5)19(14-16)33-4)20(23(30)25(28)31)22(29)15-7-9-17(26)10-8-15/h7-10,13-14,21,29H,6,11-12H2,1-5H3. The van der Waals surface area contributed by atoms with Gasteiger partial charge in [-0.05, 0) is 69.0 Å². The van der Waals surface area contributed by atoms with Crippen LogP contribution in [0.2, 0.25) is 0 Å². The van der Waals surface area contributed by atoms with E-state index in [2.05, 4.69) is 0 Å². The molecule has 0 saturated carbocycles. The van der Waals surface area contributed by atoms with Crippen LogP contribution in [-0.2, 0) is 9.59 Å². The van der Waals surface area contributed by atoms with Crippen molar-refractivity contribution in [3.63, 3.8) is 0 Å². The third-order valence-corrected chi connectivity index (χ3v) is 5.66. The molecule has 9 heteroatoms. The molecule has 0 bridgehead atoms. The number of Topliss-reactive ketones (excluding diaryl/α,β-unsaturated/α-hetero) is 1. The second-order valence-electron chi connectivity index (χ2n) is 8.11. The minimum Gasteiger partial charge on any atom is -0.507 e. The molecule has 0 spiro atoms. The fraction of sp³-hybridized carbons (Fsp3) is 0.360. The molecule has 1 atom stereocenters. The van der Waals surface area contributed by atoms with E-state index in [0.717, 1.165) is 0 Å². The summed E-state index contributed by atoms with van der Waals surface area (Å²) < 4.78 is 29.7. The Balaban J connectivity index is 2.21. The number of benzene rings is 2. The van der Waals surface area contributed by atoms with Gasteiger partial charge in [-0.1, -0.05) is 0 Å². The maximum Gasteiger partial charge on any atom is 0.295 e. The molecule has 0 aromatic heterocycles. The molecule has 0 radical (unpaired) electrons. The molecule has 1 heterocycles. The number of halogens is 1. The highest BCUT2D eigenvalue weighted by atomic mass is 19.1. The highest BCUT2D eigenvalue weighted by Crippen LogP contribution is 2.45. The molecule has 1 amide bonds.